The number of amides is 1. The molecule has 0 aliphatic carbocycles. The number of hydrogen-bond donors (Lipinski definition) is 2. The molecule has 1 heterocycles. The summed E-state index contributed by atoms with van der Waals surface area (Å²) in [4.78, 5) is 28.2. The average Bonchev–Trinajstić information content (AvgIpc) is 3.06. The van der Waals surface area contributed by atoms with Gasteiger partial charge in [0, 0.05) is 19.4 Å². The van der Waals surface area contributed by atoms with Crippen LogP contribution in [0.25, 0.3) is 0 Å². The molecule has 0 bridgehead atoms. The number of carbonyl (C=O) groups excluding carboxylic acids is 1. The zero-order chi connectivity index (χ0) is 19.4. The number of nitrogens with zero attached hydrogens (tertiary/aromatic N) is 2. The summed E-state index contributed by atoms with van der Waals surface area (Å²) in [5, 5.41) is 12.1. The highest BCUT2D eigenvalue weighted by molar-refractivity contribution is 5.91. The van der Waals surface area contributed by atoms with Gasteiger partial charge in [-0.3, -0.25) is 4.79 Å². The molecule has 0 saturated carbocycles. The lowest BCUT2D eigenvalue weighted by Gasteiger charge is -2.19. The lowest BCUT2D eigenvalue weighted by molar-refractivity contribution is -0.121. The first-order valence-electron chi connectivity index (χ1n) is 8.29. The Hall–Kier alpha value is -3.48. The lowest BCUT2D eigenvalue weighted by atomic mass is 10.0. The SMILES string of the molecule is Cn1ccnc1[C@H](NC(=O)Cc1ccccc1C(=O)O)c1ccc(F)cc1. The Kier molecular flexibility index (Phi) is 5.30. The third-order valence-corrected chi connectivity index (χ3v) is 4.22. The van der Waals surface area contributed by atoms with Crippen LogP contribution >= 0.6 is 0 Å². The summed E-state index contributed by atoms with van der Waals surface area (Å²) in [6, 6.07) is 11.6. The smallest absolute Gasteiger partial charge is 0.335 e. The van der Waals surface area contributed by atoms with Gasteiger partial charge in [0.2, 0.25) is 5.91 Å². The molecule has 7 heteroatoms. The van der Waals surface area contributed by atoms with Gasteiger partial charge in [0.05, 0.1) is 12.0 Å². The highest BCUT2D eigenvalue weighted by Crippen LogP contribution is 2.21. The fraction of sp³-hybridized carbons (Fsp3) is 0.150. The Bertz CT molecular complexity index is 967. The maximum atomic E-state index is 13.3. The van der Waals surface area contributed by atoms with Crippen molar-refractivity contribution in [2.75, 3.05) is 0 Å². The van der Waals surface area contributed by atoms with Crippen LogP contribution in [-0.2, 0) is 18.3 Å². The molecule has 2 N–H and O–H groups in total. The largest absolute Gasteiger partial charge is 0.478 e. The first kappa shape index (κ1) is 18.3. The fourth-order valence-electron chi connectivity index (χ4n) is 2.88. The second kappa shape index (κ2) is 7.82. The summed E-state index contributed by atoms with van der Waals surface area (Å²) in [5.41, 5.74) is 1.17. The third kappa shape index (κ3) is 4.20. The van der Waals surface area contributed by atoms with Gasteiger partial charge in [-0.15, -0.1) is 0 Å². The number of carboxylic acids is 1. The molecule has 0 unspecified atom stereocenters. The van der Waals surface area contributed by atoms with Gasteiger partial charge >= 0.3 is 5.97 Å². The molecule has 1 atom stereocenters. The minimum atomic E-state index is -1.09. The molecule has 0 saturated heterocycles. The number of carbonyl (C=O) groups is 2. The summed E-state index contributed by atoms with van der Waals surface area (Å²) in [7, 11) is 1.80. The number of aromatic carboxylic acids is 1. The van der Waals surface area contributed by atoms with Gasteiger partial charge in [-0.05, 0) is 29.3 Å². The van der Waals surface area contributed by atoms with Crippen LogP contribution in [0.2, 0.25) is 0 Å². The Morgan fingerprint density at radius 2 is 1.89 bits per heavy atom. The topological polar surface area (TPSA) is 84.2 Å². The normalized spacial score (nSPS) is 11.8. The van der Waals surface area contributed by atoms with E-state index in [-0.39, 0.29) is 23.7 Å². The van der Waals surface area contributed by atoms with Gasteiger partial charge in [0.25, 0.3) is 0 Å². The van der Waals surface area contributed by atoms with Gasteiger partial charge in [-0.2, -0.15) is 0 Å². The molecular formula is C20H18FN3O3. The van der Waals surface area contributed by atoms with Gasteiger partial charge in [-0.1, -0.05) is 30.3 Å². The summed E-state index contributed by atoms with van der Waals surface area (Å²) in [5.74, 6) is -1.24. The maximum absolute atomic E-state index is 13.3. The monoisotopic (exact) mass is 367 g/mol. The van der Waals surface area contributed by atoms with Crippen molar-refractivity contribution in [3.63, 3.8) is 0 Å². The molecule has 6 nitrogen and oxygen atoms in total. The number of nitrogens with one attached hydrogen (secondary N) is 1. The highest BCUT2D eigenvalue weighted by atomic mass is 19.1. The van der Waals surface area contributed by atoms with E-state index in [1.165, 1.54) is 18.2 Å². The van der Waals surface area contributed by atoms with Gasteiger partial charge in [0.15, 0.2) is 0 Å². The molecule has 0 radical (unpaired) electrons. The molecule has 0 aliphatic rings. The summed E-state index contributed by atoms with van der Waals surface area (Å²) in [6.45, 7) is 0. The van der Waals surface area contributed by atoms with Crippen molar-refractivity contribution >= 4 is 11.9 Å². The van der Waals surface area contributed by atoms with E-state index in [0.717, 1.165) is 0 Å². The Labute approximate surface area is 155 Å². The van der Waals surface area contributed by atoms with Crippen LogP contribution in [0.4, 0.5) is 4.39 Å². The van der Waals surface area contributed by atoms with Crippen LogP contribution in [0.1, 0.15) is 33.4 Å². The quantitative estimate of drug-likeness (QED) is 0.702. The van der Waals surface area contributed by atoms with Crippen molar-refractivity contribution in [1.82, 2.24) is 14.9 Å². The standard InChI is InChI=1S/C20H18FN3O3/c1-24-11-10-22-19(24)18(13-6-8-15(21)9-7-13)23-17(25)12-14-4-2-3-5-16(14)20(26)27/h2-11,18H,12H2,1H3,(H,23,25)(H,26,27)/t18-/m1/s1. The van der Waals surface area contributed by atoms with Crippen LogP contribution in [0.5, 0.6) is 0 Å². The first-order valence-corrected chi connectivity index (χ1v) is 8.29. The van der Waals surface area contributed by atoms with Gasteiger partial charge in [0.1, 0.15) is 17.7 Å². The van der Waals surface area contributed by atoms with Gasteiger partial charge in [-0.25, -0.2) is 14.2 Å². The predicted molar refractivity (Wildman–Crippen MR) is 96.7 cm³/mol. The average molecular weight is 367 g/mol. The van der Waals surface area contributed by atoms with E-state index < -0.39 is 12.0 Å². The second-order valence-corrected chi connectivity index (χ2v) is 6.09. The van der Waals surface area contributed by atoms with Crippen molar-refractivity contribution in [1.29, 1.82) is 0 Å². The van der Waals surface area contributed by atoms with Crippen LogP contribution in [0.15, 0.2) is 60.9 Å². The molecule has 0 spiro atoms. The van der Waals surface area contributed by atoms with Crippen molar-refractivity contribution in [3.05, 3.63) is 89.3 Å². The molecule has 1 aromatic heterocycles. The number of hydrogen-bond acceptors (Lipinski definition) is 3. The zero-order valence-electron chi connectivity index (χ0n) is 14.6. The second-order valence-electron chi connectivity index (χ2n) is 6.09. The Balaban J connectivity index is 1.86. The number of halogens is 1. The molecule has 3 rings (SSSR count). The third-order valence-electron chi connectivity index (χ3n) is 4.22. The number of carboxylic acid groups (broad SMARTS) is 1. The van der Waals surface area contributed by atoms with Crippen molar-refractivity contribution in [2.45, 2.75) is 12.5 Å². The van der Waals surface area contributed by atoms with Crippen molar-refractivity contribution in [2.24, 2.45) is 7.05 Å². The molecule has 0 aliphatic heterocycles. The zero-order valence-corrected chi connectivity index (χ0v) is 14.6. The lowest BCUT2D eigenvalue weighted by Crippen LogP contribution is -2.32. The van der Waals surface area contributed by atoms with Crippen LogP contribution in [-0.4, -0.2) is 26.5 Å². The van der Waals surface area contributed by atoms with E-state index in [1.807, 2.05) is 0 Å². The first-order chi connectivity index (χ1) is 13.0. The van der Waals surface area contributed by atoms with Crippen LogP contribution in [0.3, 0.4) is 0 Å². The fourth-order valence-corrected chi connectivity index (χ4v) is 2.88. The Morgan fingerprint density at radius 3 is 2.52 bits per heavy atom. The molecule has 2 aromatic carbocycles. The van der Waals surface area contributed by atoms with Crippen LogP contribution < -0.4 is 5.32 Å². The summed E-state index contributed by atoms with van der Waals surface area (Å²) >= 11 is 0. The van der Waals surface area contributed by atoms with E-state index in [9.17, 15) is 19.1 Å². The van der Waals surface area contributed by atoms with E-state index in [0.29, 0.717) is 17.0 Å². The number of benzene rings is 2. The molecule has 0 fully saturated rings. The molecule has 3 aromatic rings. The maximum Gasteiger partial charge on any atom is 0.335 e. The number of aryl methyl sites for hydroxylation is 1. The summed E-state index contributed by atoms with van der Waals surface area (Å²) < 4.78 is 15.0. The minimum Gasteiger partial charge on any atom is -0.478 e. The van der Waals surface area contributed by atoms with E-state index in [2.05, 4.69) is 10.3 Å². The van der Waals surface area contributed by atoms with Gasteiger partial charge < -0.3 is 15.0 Å². The number of rotatable bonds is 6. The Morgan fingerprint density at radius 1 is 1.19 bits per heavy atom. The highest BCUT2D eigenvalue weighted by Gasteiger charge is 2.22. The van der Waals surface area contributed by atoms with Crippen LogP contribution in [0, 0.1) is 5.82 Å². The van der Waals surface area contributed by atoms with Crippen molar-refractivity contribution < 1.29 is 19.1 Å². The van der Waals surface area contributed by atoms with Crippen molar-refractivity contribution in [3.8, 4) is 0 Å². The predicted octanol–water partition coefficient (Wildman–Crippen LogP) is 2.71. The molecule has 27 heavy (non-hydrogen) atoms. The molecular weight excluding hydrogens is 349 g/mol. The van der Waals surface area contributed by atoms with E-state index in [4.69, 9.17) is 0 Å². The summed E-state index contributed by atoms with van der Waals surface area (Å²) in [6.07, 6.45) is 3.26. The number of imidazole rings is 1. The molecule has 1 amide bonds. The van der Waals surface area contributed by atoms with E-state index >= 15 is 0 Å². The molecule has 138 valence electrons. The number of aromatic nitrogens is 2. The van der Waals surface area contributed by atoms with E-state index in [1.54, 1.807) is 54.3 Å². The minimum absolute atomic E-state index is 0.0861.